The minimum atomic E-state index is -3.56. The second-order valence-electron chi connectivity index (χ2n) is 6.43. The highest BCUT2D eigenvalue weighted by molar-refractivity contribution is 7.89. The number of sulfonamides is 1. The molecule has 1 amide bonds. The number of benzene rings is 1. The minimum Gasteiger partial charge on any atom is -0.325 e. The first-order chi connectivity index (χ1) is 12.3. The van der Waals surface area contributed by atoms with E-state index in [4.69, 9.17) is 0 Å². The van der Waals surface area contributed by atoms with Gasteiger partial charge in [0.1, 0.15) is 0 Å². The van der Waals surface area contributed by atoms with E-state index in [0.29, 0.717) is 11.3 Å². The number of amides is 1. The van der Waals surface area contributed by atoms with Gasteiger partial charge in [-0.15, -0.1) is 11.3 Å². The fourth-order valence-corrected chi connectivity index (χ4v) is 5.20. The summed E-state index contributed by atoms with van der Waals surface area (Å²) in [4.78, 5) is 16.2. The van der Waals surface area contributed by atoms with Crippen LogP contribution in [-0.4, -0.2) is 39.4 Å². The van der Waals surface area contributed by atoms with Crippen LogP contribution >= 0.6 is 11.3 Å². The molecular formula is C18H23N3O3S2. The molecule has 0 spiro atoms. The Morgan fingerprint density at radius 2 is 2.12 bits per heavy atom. The third kappa shape index (κ3) is 3.83. The van der Waals surface area contributed by atoms with Crippen LogP contribution in [0.5, 0.6) is 0 Å². The quantitative estimate of drug-likeness (QED) is 0.818. The molecule has 0 unspecified atom stereocenters. The molecule has 1 aromatic heterocycles. The molecule has 0 aliphatic carbocycles. The Hall–Kier alpha value is -1.74. The van der Waals surface area contributed by atoms with E-state index in [-0.39, 0.29) is 23.4 Å². The Morgan fingerprint density at radius 3 is 2.85 bits per heavy atom. The Balaban J connectivity index is 1.70. The zero-order valence-corrected chi connectivity index (χ0v) is 16.7. The van der Waals surface area contributed by atoms with Crippen LogP contribution in [0.3, 0.4) is 0 Å². The van der Waals surface area contributed by atoms with Crippen molar-refractivity contribution in [3.8, 4) is 0 Å². The number of nitrogens with zero attached hydrogens (tertiary/aromatic N) is 1. The SMILES string of the molecule is CNS(=O)(=O)c1cc(NC(=O)CN2CCc3sccc3[C@H]2C)ccc1C. The lowest BCUT2D eigenvalue weighted by atomic mass is 10.0. The van der Waals surface area contributed by atoms with Gasteiger partial charge in [-0.25, -0.2) is 13.1 Å². The highest BCUT2D eigenvalue weighted by Crippen LogP contribution is 2.32. The van der Waals surface area contributed by atoms with E-state index in [1.165, 1.54) is 23.6 Å². The fourth-order valence-electron chi connectivity index (χ4n) is 3.24. The Kier molecular flexibility index (Phi) is 5.47. The highest BCUT2D eigenvalue weighted by atomic mass is 32.2. The van der Waals surface area contributed by atoms with Crippen LogP contribution < -0.4 is 10.0 Å². The first-order valence-corrected chi connectivity index (χ1v) is 10.8. The van der Waals surface area contributed by atoms with E-state index in [0.717, 1.165) is 13.0 Å². The molecule has 1 atom stereocenters. The summed E-state index contributed by atoms with van der Waals surface area (Å²) in [5.41, 5.74) is 2.41. The van der Waals surface area contributed by atoms with Crippen molar-refractivity contribution in [1.29, 1.82) is 0 Å². The second kappa shape index (κ2) is 7.48. The number of hydrogen-bond acceptors (Lipinski definition) is 5. The number of thiophene rings is 1. The zero-order valence-electron chi connectivity index (χ0n) is 15.1. The van der Waals surface area contributed by atoms with E-state index >= 15 is 0 Å². The summed E-state index contributed by atoms with van der Waals surface area (Å²) in [7, 11) is -2.19. The maximum Gasteiger partial charge on any atom is 0.240 e. The predicted octanol–water partition coefficient (Wildman–Crippen LogP) is 2.52. The Bertz CT molecular complexity index is 922. The molecule has 1 aromatic carbocycles. The van der Waals surface area contributed by atoms with E-state index in [2.05, 4.69) is 33.3 Å². The monoisotopic (exact) mass is 393 g/mol. The van der Waals surface area contributed by atoms with Gasteiger partial charge in [0.2, 0.25) is 15.9 Å². The van der Waals surface area contributed by atoms with Crippen LogP contribution in [0.1, 0.15) is 29.0 Å². The third-order valence-electron chi connectivity index (χ3n) is 4.78. The normalized spacial score (nSPS) is 17.7. The lowest BCUT2D eigenvalue weighted by Crippen LogP contribution is -2.39. The highest BCUT2D eigenvalue weighted by Gasteiger charge is 2.26. The van der Waals surface area contributed by atoms with E-state index < -0.39 is 10.0 Å². The third-order valence-corrected chi connectivity index (χ3v) is 7.33. The molecule has 2 N–H and O–H groups in total. The van der Waals surface area contributed by atoms with Gasteiger partial charge < -0.3 is 5.32 Å². The molecule has 3 rings (SSSR count). The predicted molar refractivity (Wildman–Crippen MR) is 104 cm³/mol. The maximum atomic E-state index is 12.5. The number of carbonyl (C=O) groups excluding carboxylic acids is 1. The molecule has 0 saturated carbocycles. The van der Waals surface area contributed by atoms with Gasteiger partial charge in [0.05, 0.1) is 11.4 Å². The average Bonchev–Trinajstić information content (AvgIpc) is 3.08. The zero-order chi connectivity index (χ0) is 18.9. The fraction of sp³-hybridized carbons (Fsp3) is 0.389. The number of hydrogen-bond donors (Lipinski definition) is 2. The summed E-state index contributed by atoms with van der Waals surface area (Å²) < 4.78 is 26.5. The minimum absolute atomic E-state index is 0.146. The van der Waals surface area contributed by atoms with Gasteiger partial charge in [0.25, 0.3) is 0 Å². The van der Waals surface area contributed by atoms with Gasteiger partial charge in [0.15, 0.2) is 0 Å². The van der Waals surface area contributed by atoms with Gasteiger partial charge in [0, 0.05) is 23.2 Å². The summed E-state index contributed by atoms with van der Waals surface area (Å²) in [6.45, 7) is 4.96. The second-order valence-corrected chi connectivity index (χ2v) is 9.29. The summed E-state index contributed by atoms with van der Waals surface area (Å²) in [6.07, 6.45) is 0.958. The summed E-state index contributed by atoms with van der Waals surface area (Å²) >= 11 is 1.77. The number of carbonyl (C=O) groups is 1. The van der Waals surface area contributed by atoms with Crippen LogP contribution in [0.15, 0.2) is 34.5 Å². The van der Waals surface area contributed by atoms with Gasteiger partial charge in [-0.2, -0.15) is 0 Å². The smallest absolute Gasteiger partial charge is 0.240 e. The molecule has 1 aliphatic heterocycles. The number of rotatable bonds is 5. The van der Waals surface area contributed by atoms with Crippen molar-refractivity contribution >= 4 is 33.0 Å². The number of nitrogens with one attached hydrogen (secondary N) is 2. The molecule has 6 nitrogen and oxygen atoms in total. The lowest BCUT2D eigenvalue weighted by molar-refractivity contribution is -0.117. The van der Waals surface area contributed by atoms with Crippen molar-refractivity contribution in [3.05, 3.63) is 45.6 Å². The Morgan fingerprint density at radius 1 is 1.35 bits per heavy atom. The molecule has 1 aliphatic rings. The van der Waals surface area contributed by atoms with Gasteiger partial charge >= 0.3 is 0 Å². The van der Waals surface area contributed by atoms with Crippen LogP contribution in [0, 0.1) is 6.92 Å². The largest absolute Gasteiger partial charge is 0.325 e. The van der Waals surface area contributed by atoms with Crippen molar-refractivity contribution in [1.82, 2.24) is 9.62 Å². The van der Waals surface area contributed by atoms with E-state index in [1.807, 2.05) is 0 Å². The lowest BCUT2D eigenvalue weighted by Gasteiger charge is -2.32. The van der Waals surface area contributed by atoms with Crippen LogP contribution in [0.2, 0.25) is 0 Å². The van der Waals surface area contributed by atoms with Crippen LogP contribution in [0.4, 0.5) is 5.69 Å². The maximum absolute atomic E-state index is 12.5. The van der Waals surface area contributed by atoms with E-state index in [1.54, 1.807) is 30.4 Å². The summed E-state index contributed by atoms with van der Waals surface area (Å²) in [5, 5.41) is 4.92. The molecule has 140 valence electrons. The van der Waals surface area contributed by atoms with Gasteiger partial charge in [-0.1, -0.05) is 6.07 Å². The number of anilines is 1. The molecule has 0 bridgehead atoms. The van der Waals surface area contributed by atoms with Gasteiger partial charge in [-0.3, -0.25) is 9.69 Å². The van der Waals surface area contributed by atoms with E-state index in [9.17, 15) is 13.2 Å². The van der Waals surface area contributed by atoms with Crippen molar-refractivity contribution < 1.29 is 13.2 Å². The standard InChI is InChI=1S/C18H23N3O3S2/c1-12-4-5-14(10-17(12)26(23,24)19-3)20-18(22)11-21-8-6-16-15(13(21)2)7-9-25-16/h4-5,7,9-10,13,19H,6,8,11H2,1-3H3,(H,20,22)/t13-/m1/s1. The Labute approximate surface area is 158 Å². The van der Waals surface area contributed by atoms with Crippen LogP contribution in [0.25, 0.3) is 0 Å². The molecule has 0 saturated heterocycles. The van der Waals surface area contributed by atoms with Crippen molar-refractivity contribution in [3.63, 3.8) is 0 Å². The number of aryl methyl sites for hydroxylation is 1. The van der Waals surface area contributed by atoms with Gasteiger partial charge in [-0.05, 0) is 62.0 Å². The molecular weight excluding hydrogens is 370 g/mol. The molecule has 0 fully saturated rings. The van der Waals surface area contributed by atoms with Crippen LogP contribution in [-0.2, 0) is 21.2 Å². The first kappa shape index (κ1) is 19.0. The first-order valence-electron chi connectivity index (χ1n) is 8.46. The molecule has 26 heavy (non-hydrogen) atoms. The molecule has 8 heteroatoms. The molecule has 0 radical (unpaired) electrons. The number of fused-ring (bicyclic) bond motifs is 1. The molecule has 2 heterocycles. The van der Waals surface area contributed by atoms with Crippen molar-refractivity contribution in [2.75, 3.05) is 25.5 Å². The average molecular weight is 394 g/mol. The summed E-state index contributed by atoms with van der Waals surface area (Å²) in [5.74, 6) is -0.146. The van der Waals surface area contributed by atoms with Crippen molar-refractivity contribution in [2.24, 2.45) is 0 Å². The topological polar surface area (TPSA) is 78.5 Å². The summed E-state index contributed by atoms with van der Waals surface area (Å²) in [6, 6.07) is 7.24. The molecule has 2 aromatic rings. The van der Waals surface area contributed by atoms with Crippen molar-refractivity contribution in [2.45, 2.75) is 31.2 Å².